The number of aromatic nitrogens is 3. The van der Waals surface area contributed by atoms with E-state index in [0.717, 1.165) is 31.6 Å². The summed E-state index contributed by atoms with van der Waals surface area (Å²) in [4.78, 5) is 49.5. The number of benzene rings is 2. The smallest absolute Gasteiger partial charge is 0.272 e. The molecule has 2 aromatic carbocycles. The fourth-order valence-electron chi connectivity index (χ4n) is 4.72. The third-order valence-corrected chi connectivity index (χ3v) is 6.73. The van der Waals surface area contributed by atoms with Crippen molar-refractivity contribution in [3.63, 3.8) is 0 Å². The van der Waals surface area contributed by atoms with E-state index in [0.29, 0.717) is 33.9 Å². The van der Waals surface area contributed by atoms with Crippen LogP contribution in [0.15, 0.2) is 102 Å². The molecule has 0 bridgehead atoms. The van der Waals surface area contributed by atoms with E-state index in [1.165, 1.54) is 6.20 Å². The molecule has 1 aliphatic rings. The number of para-hydroxylation sites is 1. The number of carbonyl (C=O) groups excluding carboxylic acids is 2. The van der Waals surface area contributed by atoms with Crippen molar-refractivity contribution < 1.29 is 14.3 Å². The molecule has 4 heterocycles. The Morgan fingerprint density at radius 3 is 2.38 bits per heavy atom. The number of nitrogens with zero attached hydrogens (tertiary/aromatic N) is 4. The fraction of sp³-hybridized carbons (Fsp3) is 0.129. The molecule has 0 radical (unpaired) electrons. The molecule has 1 N–H and O–H groups in total. The molecule has 0 unspecified atom stereocenters. The number of pyridine rings is 3. The van der Waals surface area contributed by atoms with Crippen molar-refractivity contribution in [1.29, 1.82) is 0 Å². The molecule has 5 aromatic rings. The van der Waals surface area contributed by atoms with Gasteiger partial charge in [-0.2, -0.15) is 0 Å². The van der Waals surface area contributed by atoms with Crippen LogP contribution >= 0.6 is 0 Å². The predicted molar refractivity (Wildman–Crippen MR) is 151 cm³/mol. The minimum Gasteiger partial charge on any atom is -0.457 e. The Bertz CT molecular complexity index is 1760. The Morgan fingerprint density at radius 2 is 1.60 bits per heavy atom. The third kappa shape index (κ3) is 5.04. The van der Waals surface area contributed by atoms with Gasteiger partial charge in [0.15, 0.2) is 0 Å². The van der Waals surface area contributed by atoms with E-state index in [1.807, 2.05) is 30.3 Å². The average molecular weight is 532 g/mol. The Labute approximate surface area is 229 Å². The van der Waals surface area contributed by atoms with E-state index < -0.39 is 11.3 Å². The molecule has 198 valence electrons. The van der Waals surface area contributed by atoms with Crippen molar-refractivity contribution in [3.8, 4) is 17.2 Å². The molecular weight excluding hydrogens is 506 g/mol. The average Bonchev–Trinajstić information content (AvgIpc) is 3.54. The van der Waals surface area contributed by atoms with Gasteiger partial charge in [0, 0.05) is 49.1 Å². The summed E-state index contributed by atoms with van der Waals surface area (Å²) in [6.45, 7) is 1.49. The van der Waals surface area contributed by atoms with Crippen LogP contribution in [0.2, 0.25) is 0 Å². The molecular formula is C31H25N5O4. The van der Waals surface area contributed by atoms with Crippen LogP contribution < -0.4 is 15.5 Å². The summed E-state index contributed by atoms with van der Waals surface area (Å²) in [5, 5.41) is 3.15. The molecule has 1 saturated heterocycles. The number of carbonyl (C=O) groups is 2. The maximum absolute atomic E-state index is 13.2. The molecule has 1 fully saturated rings. The summed E-state index contributed by atoms with van der Waals surface area (Å²) in [6.07, 6.45) is 6.69. The zero-order valence-corrected chi connectivity index (χ0v) is 21.5. The van der Waals surface area contributed by atoms with Gasteiger partial charge in [0.2, 0.25) is 5.43 Å². The van der Waals surface area contributed by atoms with Gasteiger partial charge in [-0.1, -0.05) is 18.2 Å². The number of hydrogen-bond acceptors (Lipinski definition) is 6. The number of likely N-dealkylation sites (tertiary alicyclic amines) is 1. The van der Waals surface area contributed by atoms with Crippen LogP contribution in [0.4, 0.5) is 5.69 Å². The topological polar surface area (TPSA) is 106 Å². The summed E-state index contributed by atoms with van der Waals surface area (Å²) >= 11 is 0. The number of amides is 2. The Kier molecular flexibility index (Phi) is 6.76. The second-order valence-electron chi connectivity index (χ2n) is 9.41. The van der Waals surface area contributed by atoms with Gasteiger partial charge in [-0.15, -0.1) is 0 Å². The number of nitrogens with one attached hydrogen (secondary N) is 1. The molecule has 3 aromatic heterocycles. The van der Waals surface area contributed by atoms with E-state index in [9.17, 15) is 14.4 Å². The number of anilines is 1. The number of hydrogen-bond donors (Lipinski definition) is 1. The zero-order valence-electron chi connectivity index (χ0n) is 21.5. The molecule has 2 amide bonds. The van der Waals surface area contributed by atoms with Gasteiger partial charge in [-0.25, -0.2) is 4.98 Å². The first kappa shape index (κ1) is 25.0. The Morgan fingerprint density at radius 1 is 0.825 bits per heavy atom. The van der Waals surface area contributed by atoms with Crippen LogP contribution in [-0.2, 0) is 0 Å². The summed E-state index contributed by atoms with van der Waals surface area (Å²) in [5.41, 5.74) is 1.69. The van der Waals surface area contributed by atoms with E-state index in [1.54, 1.807) is 70.4 Å². The lowest BCUT2D eigenvalue weighted by Gasteiger charge is -2.15. The van der Waals surface area contributed by atoms with Crippen LogP contribution in [0, 0.1) is 0 Å². The van der Waals surface area contributed by atoms with Gasteiger partial charge in [0.25, 0.3) is 11.8 Å². The maximum atomic E-state index is 13.2. The van der Waals surface area contributed by atoms with Gasteiger partial charge in [0.1, 0.15) is 28.4 Å². The first-order chi connectivity index (χ1) is 19.6. The highest BCUT2D eigenvalue weighted by Crippen LogP contribution is 2.24. The van der Waals surface area contributed by atoms with Crippen molar-refractivity contribution >= 4 is 28.5 Å². The monoisotopic (exact) mass is 531 g/mol. The molecule has 1 aliphatic heterocycles. The van der Waals surface area contributed by atoms with Crippen LogP contribution in [0.5, 0.6) is 11.5 Å². The Balaban J connectivity index is 1.20. The van der Waals surface area contributed by atoms with Crippen molar-refractivity contribution in [1.82, 2.24) is 19.4 Å². The third-order valence-electron chi connectivity index (χ3n) is 6.73. The molecule has 40 heavy (non-hydrogen) atoms. The first-order valence-corrected chi connectivity index (χ1v) is 13.0. The van der Waals surface area contributed by atoms with Crippen molar-refractivity contribution in [2.24, 2.45) is 0 Å². The molecule has 0 saturated carbocycles. The number of rotatable bonds is 6. The second-order valence-corrected chi connectivity index (χ2v) is 9.41. The first-order valence-electron chi connectivity index (χ1n) is 13.0. The molecule has 6 rings (SSSR count). The van der Waals surface area contributed by atoms with Gasteiger partial charge >= 0.3 is 0 Å². The van der Waals surface area contributed by atoms with Gasteiger partial charge in [0.05, 0.1) is 5.39 Å². The highest BCUT2D eigenvalue weighted by molar-refractivity contribution is 6.05. The SMILES string of the molecule is O=C(Nc1ccc(Oc2ccnc(C(=O)N3CCCC3)c2)cc1)c1cn(-c2ccccc2)c2ncccc2c1=O. The largest absolute Gasteiger partial charge is 0.457 e. The summed E-state index contributed by atoms with van der Waals surface area (Å²) < 4.78 is 7.66. The van der Waals surface area contributed by atoms with Crippen LogP contribution in [-0.4, -0.2) is 44.3 Å². The van der Waals surface area contributed by atoms with Gasteiger partial charge in [-0.3, -0.25) is 19.4 Å². The van der Waals surface area contributed by atoms with E-state index in [-0.39, 0.29) is 11.5 Å². The van der Waals surface area contributed by atoms with Crippen LogP contribution in [0.3, 0.4) is 0 Å². The fourth-order valence-corrected chi connectivity index (χ4v) is 4.72. The number of fused-ring (bicyclic) bond motifs is 1. The highest BCUT2D eigenvalue weighted by Gasteiger charge is 2.21. The molecule has 9 nitrogen and oxygen atoms in total. The summed E-state index contributed by atoms with van der Waals surface area (Å²) in [6, 6.07) is 22.8. The van der Waals surface area contributed by atoms with Gasteiger partial charge in [-0.05, 0) is 67.4 Å². The lowest BCUT2D eigenvalue weighted by atomic mass is 10.1. The zero-order chi connectivity index (χ0) is 27.5. The summed E-state index contributed by atoms with van der Waals surface area (Å²) in [5.74, 6) is 0.373. The molecule has 0 atom stereocenters. The molecule has 0 spiro atoms. The second kappa shape index (κ2) is 10.8. The quantitative estimate of drug-likeness (QED) is 0.328. The molecule has 0 aliphatic carbocycles. The maximum Gasteiger partial charge on any atom is 0.272 e. The lowest BCUT2D eigenvalue weighted by Crippen LogP contribution is -2.28. The Hall–Kier alpha value is -5.31. The highest BCUT2D eigenvalue weighted by atomic mass is 16.5. The molecule has 9 heteroatoms. The van der Waals surface area contributed by atoms with Crippen molar-refractivity contribution in [3.05, 3.63) is 119 Å². The van der Waals surface area contributed by atoms with Gasteiger partial charge < -0.3 is 19.5 Å². The minimum absolute atomic E-state index is 0.00309. The van der Waals surface area contributed by atoms with Crippen molar-refractivity contribution in [2.45, 2.75) is 12.8 Å². The predicted octanol–water partition coefficient (Wildman–Crippen LogP) is 5.06. The van der Waals surface area contributed by atoms with E-state index >= 15 is 0 Å². The van der Waals surface area contributed by atoms with Crippen molar-refractivity contribution in [2.75, 3.05) is 18.4 Å². The van der Waals surface area contributed by atoms with E-state index in [4.69, 9.17) is 4.74 Å². The standard InChI is InChI=1S/C31H25N5O4/c37-28-25-9-6-15-33-29(25)36(22-7-2-1-3-8-22)20-26(28)30(38)34-21-10-12-23(13-11-21)40-24-14-16-32-27(19-24)31(39)35-17-4-5-18-35/h1-3,6-16,19-20H,4-5,17-18H2,(H,34,38). The minimum atomic E-state index is -0.534. The normalized spacial score (nSPS) is 12.8. The lowest BCUT2D eigenvalue weighted by molar-refractivity contribution is 0.0786. The number of ether oxygens (including phenoxy) is 1. The van der Waals surface area contributed by atoms with E-state index in [2.05, 4.69) is 15.3 Å². The van der Waals surface area contributed by atoms with Crippen LogP contribution in [0.1, 0.15) is 33.7 Å². The summed E-state index contributed by atoms with van der Waals surface area (Å²) in [7, 11) is 0. The van der Waals surface area contributed by atoms with Crippen LogP contribution in [0.25, 0.3) is 16.7 Å².